The molecule has 2 atom stereocenters. The first-order chi connectivity index (χ1) is 6.87. The van der Waals surface area contributed by atoms with Crippen LogP contribution in [0.3, 0.4) is 0 Å². The summed E-state index contributed by atoms with van der Waals surface area (Å²) in [4.78, 5) is 1.73. The van der Waals surface area contributed by atoms with E-state index in [1.54, 1.807) is 4.90 Å². The van der Waals surface area contributed by atoms with E-state index in [-0.39, 0.29) is 24.1 Å². The van der Waals surface area contributed by atoms with Crippen molar-refractivity contribution in [2.24, 2.45) is 0 Å². The van der Waals surface area contributed by atoms with E-state index in [2.05, 4.69) is 0 Å². The number of nitrogens with zero attached hydrogens (tertiary/aromatic N) is 2. The van der Waals surface area contributed by atoms with Crippen LogP contribution in [0.2, 0.25) is 0 Å². The van der Waals surface area contributed by atoms with Gasteiger partial charge in [-0.2, -0.15) is 5.26 Å². The van der Waals surface area contributed by atoms with E-state index >= 15 is 0 Å². The molecule has 0 saturated carbocycles. The molecule has 2 unspecified atom stereocenters. The SMILES string of the molecule is CC(C)N(CC#N)C1CS(=O)(=O)CC1O. The second kappa shape index (κ2) is 4.47. The molecular weight excluding hydrogens is 216 g/mol. The number of aliphatic hydroxyl groups is 1. The third-order valence-corrected chi connectivity index (χ3v) is 4.33. The molecule has 1 aliphatic heterocycles. The maximum Gasteiger partial charge on any atom is 0.154 e. The van der Waals surface area contributed by atoms with Crippen molar-refractivity contribution in [2.45, 2.75) is 32.0 Å². The van der Waals surface area contributed by atoms with Crippen molar-refractivity contribution < 1.29 is 13.5 Å². The summed E-state index contributed by atoms with van der Waals surface area (Å²) in [6.45, 7) is 3.92. The highest BCUT2D eigenvalue weighted by Crippen LogP contribution is 2.20. The van der Waals surface area contributed by atoms with Crippen LogP contribution in [0.5, 0.6) is 0 Å². The molecule has 15 heavy (non-hydrogen) atoms. The Kier molecular flexibility index (Phi) is 3.71. The fourth-order valence-electron chi connectivity index (χ4n) is 1.89. The standard InChI is InChI=1S/C9H16N2O3S/c1-7(2)11(4-3-10)8-5-15(13,14)6-9(8)12/h7-9,12H,4-6H2,1-2H3. The molecule has 0 aliphatic carbocycles. The van der Waals surface area contributed by atoms with Crippen molar-refractivity contribution in [1.29, 1.82) is 5.26 Å². The van der Waals surface area contributed by atoms with Crippen LogP contribution in [0.1, 0.15) is 13.8 Å². The molecular formula is C9H16N2O3S. The van der Waals surface area contributed by atoms with Crippen LogP contribution in [0.25, 0.3) is 0 Å². The summed E-state index contributed by atoms with van der Waals surface area (Å²) < 4.78 is 22.6. The molecule has 1 aliphatic rings. The third-order valence-electron chi connectivity index (χ3n) is 2.64. The van der Waals surface area contributed by atoms with E-state index in [0.29, 0.717) is 0 Å². The number of hydrogen-bond donors (Lipinski definition) is 1. The van der Waals surface area contributed by atoms with Gasteiger partial charge in [0.05, 0.1) is 36.3 Å². The van der Waals surface area contributed by atoms with E-state index in [9.17, 15) is 13.5 Å². The van der Waals surface area contributed by atoms with Gasteiger partial charge in [-0.05, 0) is 13.8 Å². The molecule has 0 amide bonds. The number of hydrogen-bond acceptors (Lipinski definition) is 5. The molecule has 5 nitrogen and oxygen atoms in total. The van der Waals surface area contributed by atoms with Crippen LogP contribution in [0.4, 0.5) is 0 Å². The van der Waals surface area contributed by atoms with Crippen LogP contribution in [-0.2, 0) is 9.84 Å². The van der Waals surface area contributed by atoms with Gasteiger partial charge in [-0.1, -0.05) is 0 Å². The van der Waals surface area contributed by atoms with Crippen LogP contribution in [0.15, 0.2) is 0 Å². The summed E-state index contributed by atoms with van der Waals surface area (Å²) in [5.41, 5.74) is 0. The van der Waals surface area contributed by atoms with Crippen molar-refractivity contribution in [1.82, 2.24) is 4.90 Å². The molecule has 0 aromatic heterocycles. The zero-order valence-electron chi connectivity index (χ0n) is 8.92. The van der Waals surface area contributed by atoms with Crippen molar-refractivity contribution in [2.75, 3.05) is 18.1 Å². The highest BCUT2D eigenvalue weighted by Gasteiger charge is 2.40. The summed E-state index contributed by atoms with van der Waals surface area (Å²) in [5, 5.41) is 18.3. The van der Waals surface area contributed by atoms with Crippen LogP contribution in [0, 0.1) is 11.3 Å². The minimum Gasteiger partial charge on any atom is -0.390 e. The summed E-state index contributed by atoms with van der Waals surface area (Å²) in [6, 6.07) is 1.61. The van der Waals surface area contributed by atoms with Crippen LogP contribution < -0.4 is 0 Å². The molecule has 0 bridgehead atoms. The first-order valence-corrected chi connectivity index (χ1v) is 6.70. The Bertz CT molecular complexity index is 358. The third kappa shape index (κ3) is 2.91. The predicted molar refractivity (Wildman–Crippen MR) is 55.9 cm³/mol. The average Bonchev–Trinajstić information content (AvgIpc) is 2.35. The molecule has 0 aromatic rings. The Morgan fingerprint density at radius 3 is 2.47 bits per heavy atom. The van der Waals surface area contributed by atoms with Gasteiger partial charge in [0.25, 0.3) is 0 Å². The maximum absolute atomic E-state index is 11.3. The van der Waals surface area contributed by atoms with Crippen LogP contribution in [-0.4, -0.2) is 54.7 Å². The van der Waals surface area contributed by atoms with E-state index in [1.807, 2.05) is 19.9 Å². The lowest BCUT2D eigenvalue weighted by Crippen LogP contribution is -2.47. The highest BCUT2D eigenvalue weighted by molar-refractivity contribution is 7.91. The average molecular weight is 232 g/mol. The predicted octanol–water partition coefficient (Wildman–Crippen LogP) is -0.622. The molecule has 86 valence electrons. The first-order valence-electron chi connectivity index (χ1n) is 4.88. The Balaban J connectivity index is 2.82. The van der Waals surface area contributed by atoms with Crippen molar-refractivity contribution in [3.05, 3.63) is 0 Å². The lowest BCUT2D eigenvalue weighted by Gasteiger charge is -2.31. The lowest BCUT2D eigenvalue weighted by molar-refractivity contribution is 0.0730. The van der Waals surface area contributed by atoms with Gasteiger partial charge in [0.15, 0.2) is 9.84 Å². The Morgan fingerprint density at radius 2 is 2.13 bits per heavy atom. The summed E-state index contributed by atoms with van der Waals surface area (Å²) >= 11 is 0. The van der Waals surface area contributed by atoms with Gasteiger partial charge in [0.2, 0.25) is 0 Å². The molecule has 1 heterocycles. The Morgan fingerprint density at radius 1 is 1.53 bits per heavy atom. The first kappa shape index (κ1) is 12.4. The second-order valence-corrected chi connectivity index (χ2v) is 6.29. The molecule has 0 radical (unpaired) electrons. The van der Waals surface area contributed by atoms with E-state index < -0.39 is 22.0 Å². The van der Waals surface area contributed by atoms with Crippen molar-refractivity contribution >= 4 is 9.84 Å². The number of aliphatic hydroxyl groups excluding tert-OH is 1. The lowest BCUT2D eigenvalue weighted by atomic mass is 10.1. The van der Waals surface area contributed by atoms with Gasteiger partial charge in [-0.15, -0.1) is 0 Å². The van der Waals surface area contributed by atoms with Gasteiger partial charge in [-0.25, -0.2) is 8.42 Å². The van der Waals surface area contributed by atoms with E-state index in [4.69, 9.17) is 5.26 Å². The molecule has 1 fully saturated rings. The normalized spacial score (nSPS) is 29.6. The highest BCUT2D eigenvalue weighted by atomic mass is 32.2. The van der Waals surface area contributed by atoms with Gasteiger partial charge >= 0.3 is 0 Å². The minimum atomic E-state index is -3.14. The van der Waals surface area contributed by atoms with Gasteiger partial charge in [0, 0.05) is 6.04 Å². The molecule has 0 spiro atoms. The number of rotatable bonds is 3. The fourth-order valence-corrected chi connectivity index (χ4v) is 3.70. The smallest absolute Gasteiger partial charge is 0.154 e. The fraction of sp³-hybridized carbons (Fsp3) is 0.889. The zero-order chi connectivity index (χ0) is 11.6. The van der Waals surface area contributed by atoms with Crippen LogP contribution >= 0.6 is 0 Å². The second-order valence-electron chi connectivity index (χ2n) is 4.14. The molecule has 6 heteroatoms. The molecule has 1 saturated heterocycles. The monoisotopic (exact) mass is 232 g/mol. The zero-order valence-corrected chi connectivity index (χ0v) is 9.74. The van der Waals surface area contributed by atoms with Gasteiger partial charge in [-0.3, -0.25) is 4.90 Å². The van der Waals surface area contributed by atoms with Crippen molar-refractivity contribution in [3.8, 4) is 6.07 Å². The minimum absolute atomic E-state index is 0.0476. The maximum atomic E-state index is 11.3. The largest absolute Gasteiger partial charge is 0.390 e. The van der Waals surface area contributed by atoms with Gasteiger partial charge in [0.1, 0.15) is 0 Å². The van der Waals surface area contributed by atoms with Crippen molar-refractivity contribution in [3.63, 3.8) is 0 Å². The molecule has 0 aromatic carbocycles. The van der Waals surface area contributed by atoms with E-state index in [1.165, 1.54) is 0 Å². The molecule has 1 N–H and O–H groups in total. The quantitative estimate of drug-likeness (QED) is 0.656. The summed E-state index contributed by atoms with van der Waals surface area (Å²) in [6.07, 6.45) is -0.870. The summed E-state index contributed by atoms with van der Waals surface area (Å²) in [7, 11) is -3.14. The summed E-state index contributed by atoms with van der Waals surface area (Å²) in [5.74, 6) is -0.236. The Labute approximate surface area is 90.2 Å². The van der Waals surface area contributed by atoms with E-state index in [0.717, 1.165) is 0 Å². The van der Waals surface area contributed by atoms with Gasteiger partial charge < -0.3 is 5.11 Å². The topological polar surface area (TPSA) is 81.4 Å². The molecule has 1 rings (SSSR count). The Hall–Kier alpha value is -0.640. The number of nitriles is 1. The number of sulfone groups is 1.